The van der Waals surface area contributed by atoms with Crippen molar-refractivity contribution in [1.29, 1.82) is 0 Å². The molecule has 1 aromatic rings. The largest absolute Gasteiger partial charge is 0.379 e. The molecule has 2 N–H and O–H groups in total. The average Bonchev–Trinajstić information content (AvgIpc) is 2.61. The van der Waals surface area contributed by atoms with Gasteiger partial charge < -0.3 is 10.5 Å². The third-order valence-corrected chi connectivity index (χ3v) is 4.08. The summed E-state index contributed by atoms with van der Waals surface area (Å²) in [5.41, 5.74) is 5.96. The summed E-state index contributed by atoms with van der Waals surface area (Å²) in [5, 5.41) is 2.75. The monoisotopic (exact) mass is 247 g/mol. The summed E-state index contributed by atoms with van der Waals surface area (Å²) in [6, 6.07) is 1.91. The highest BCUT2D eigenvalue weighted by Crippen LogP contribution is 2.31. The fourth-order valence-electron chi connectivity index (χ4n) is 1.31. The van der Waals surface area contributed by atoms with E-state index in [1.165, 1.54) is 0 Å². The molecule has 0 aliphatic heterocycles. The van der Waals surface area contributed by atoms with E-state index in [1.807, 2.05) is 11.4 Å². The van der Waals surface area contributed by atoms with Crippen LogP contribution in [0.3, 0.4) is 0 Å². The number of methoxy groups -OCH3 is 1. The lowest BCUT2D eigenvalue weighted by molar-refractivity contribution is 0.0125. The molecule has 2 nitrogen and oxygen atoms in total. The Morgan fingerprint density at radius 1 is 1.60 bits per heavy atom. The van der Waals surface area contributed by atoms with Crippen LogP contribution in [0.15, 0.2) is 11.4 Å². The zero-order valence-electron chi connectivity index (χ0n) is 9.42. The molecule has 0 fully saturated rings. The molecule has 1 aromatic heterocycles. The molecule has 0 amide bonds. The van der Waals surface area contributed by atoms with Gasteiger partial charge in [0.05, 0.1) is 10.6 Å². The quantitative estimate of drug-likeness (QED) is 0.863. The van der Waals surface area contributed by atoms with Gasteiger partial charge in [-0.1, -0.05) is 11.6 Å². The minimum atomic E-state index is -0.110. The average molecular weight is 248 g/mol. The summed E-state index contributed by atoms with van der Waals surface area (Å²) in [6.07, 6.45) is 1.82. The van der Waals surface area contributed by atoms with Crippen molar-refractivity contribution in [2.45, 2.75) is 38.3 Å². The predicted octanol–water partition coefficient (Wildman–Crippen LogP) is 3.61. The number of hydrogen-bond donors (Lipinski definition) is 1. The molecule has 86 valence electrons. The molecule has 1 rings (SSSR count). The van der Waals surface area contributed by atoms with Crippen LogP contribution in [0.25, 0.3) is 0 Å². The fourth-order valence-corrected chi connectivity index (χ4v) is 2.54. The molecular weight excluding hydrogens is 230 g/mol. The Morgan fingerprint density at radius 3 is 2.73 bits per heavy atom. The van der Waals surface area contributed by atoms with Gasteiger partial charge in [0.1, 0.15) is 0 Å². The number of halogens is 1. The Morgan fingerprint density at radius 2 is 2.27 bits per heavy atom. The molecule has 0 saturated heterocycles. The number of nitrogens with two attached hydrogens (primary N) is 1. The van der Waals surface area contributed by atoms with Crippen LogP contribution in [-0.2, 0) is 4.74 Å². The SMILES string of the molecule is COC(C)(C)CCC(N)c1sccc1Cl. The smallest absolute Gasteiger partial charge is 0.0623 e. The lowest BCUT2D eigenvalue weighted by atomic mass is 9.98. The van der Waals surface area contributed by atoms with Crippen LogP contribution in [0.1, 0.15) is 37.6 Å². The van der Waals surface area contributed by atoms with Crippen LogP contribution < -0.4 is 5.73 Å². The summed E-state index contributed by atoms with van der Waals surface area (Å²) >= 11 is 7.64. The Bertz CT molecular complexity index is 311. The van der Waals surface area contributed by atoms with E-state index in [0.29, 0.717) is 0 Å². The molecule has 1 unspecified atom stereocenters. The lowest BCUT2D eigenvalue weighted by Gasteiger charge is -2.24. The third kappa shape index (κ3) is 3.76. The first kappa shape index (κ1) is 13.0. The molecule has 15 heavy (non-hydrogen) atoms. The van der Waals surface area contributed by atoms with E-state index in [0.717, 1.165) is 22.7 Å². The first-order valence-electron chi connectivity index (χ1n) is 5.00. The molecule has 0 aliphatic rings. The molecule has 0 bridgehead atoms. The zero-order valence-corrected chi connectivity index (χ0v) is 11.0. The molecule has 1 atom stereocenters. The Labute approximate surface area is 100 Å². The van der Waals surface area contributed by atoms with Gasteiger partial charge in [-0.25, -0.2) is 0 Å². The van der Waals surface area contributed by atoms with Gasteiger partial charge in [-0.3, -0.25) is 0 Å². The van der Waals surface area contributed by atoms with Crippen molar-refractivity contribution < 1.29 is 4.74 Å². The van der Waals surface area contributed by atoms with Gasteiger partial charge in [0.25, 0.3) is 0 Å². The molecule has 4 heteroatoms. The maximum atomic E-state index is 6.07. The third-order valence-electron chi connectivity index (χ3n) is 2.59. The topological polar surface area (TPSA) is 35.2 Å². The van der Waals surface area contributed by atoms with Crippen LogP contribution in [0.5, 0.6) is 0 Å². The summed E-state index contributed by atoms with van der Waals surface area (Å²) in [5.74, 6) is 0. The molecule has 0 saturated carbocycles. The van der Waals surface area contributed by atoms with E-state index < -0.39 is 0 Å². The summed E-state index contributed by atoms with van der Waals surface area (Å²) in [4.78, 5) is 1.07. The minimum absolute atomic E-state index is 0.0203. The van der Waals surface area contributed by atoms with Crippen molar-refractivity contribution in [3.05, 3.63) is 21.3 Å². The number of rotatable bonds is 5. The fraction of sp³-hybridized carbons (Fsp3) is 0.636. The van der Waals surface area contributed by atoms with Gasteiger partial charge in [-0.2, -0.15) is 0 Å². The zero-order chi connectivity index (χ0) is 11.5. The molecular formula is C11H18ClNOS. The normalized spacial score (nSPS) is 14.2. The second kappa shape index (κ2) is 5.30. The van der Waals surface area contributed by atoms with E-state index in [1.54, 1.807) is 18.4 Å². The van der Waals surface area contributed by atoms with Crippen molar-refractivity contribution in [1.82, 2.24) is 0 Å². The molecule has 0 radical (unpaired) electrons. The summed E-state index contributed by atoms with van der Waals surface area (Å²) < 4.78 is 5.35. The van der Waals surface area contributed by atoms with Crippen LogP contribution in [0.2, 0.25) is 5.02 Å². The minimum Gasteiger partial charge on any atom is -0.379 e. The van der Waals surface area contributed by atoms with Crippen LogP contribution in [0.4, 0.5) is 0 Å². The van der Waals surface area contributed by atoms with E-state index in [4.69, 9.17) is 22.1 Å². The highest BCUT2D eigenvalue weighted by Gasteiger charge is 2.19. The van der Waals surface area contributed by atoms with Crippen molar-refractivity contribution in [2.24, 2.45) is 5.73 Å². The van der Waals surface area contributed by atoms with Gasteiger partial charge >= 0.3 is 0 Å². The van der Waals surface area contributed by atoms with Gasteiger partial charge in [-0.05, 0) is 38.1 Å². The summed E-state index contributed by atoms with van der Waals surface area (Å²) in [7, 11) is 1.73. The van der Waals surface area contributed by atoms with E-state index in [9.17, 15) is 0 Å². The van der Waals surface area contributed by atoms with E-state index in [-0.39, 0.29) is 11.6 Å². The van der Waals surface area contributed by atoms with E-state index >= 15 is 0 Å². The first-order valence-corrected chi connectivity index (χ1v) is 6.25. The van der Waals surface area contributed by atoms with Crippen LogP contribution in [0, 0.1) is 0 Å². The molecule has 0 aliphatic carbocycles. The van der Waals surface area contributed by atoms with Gasteiger partial charge in [-0.15, -0.1) is 11.3 Å². The van der Waals surface area contributed by atoms with Crippen molar-refractivity contribution in [3.8, 4) is 0 Å². The second-order valence-electron chi connectivity index (χ2n) is 4.24. The predicted molar refractivity (Wildman–Crippen MR) is 66.6 cm³/mol. The Balaban J connectivity index is 2.50. The number of ether oxygens (including phenoxy) is 1. The van der Waals surface area contributed by atoms with Gasteiger partial charge in [0.15, 0.2) is 0 Å². The maximum Gasteiger partial charge on any atom is 0.0623 e. The Hall–Kier alpha value is -0.0900. The Kier molecular flexibility index (Phi) is 4.59. The van der Waals surface area contributed by atoms with Gasteiger partial charge in [0.2, 0.25) is 0 Å². The van der Waals surface area contributed by atoms with E-state index in [2.05, 4.69) is 13.8 Å². The van der Waals surface area contributed by atoms with Crippen LogP contribution >= 0.6 is 22.9 Å². The maximum absolute atomic E-state index is 6.07. The second-order valence-corrected chi connectivity index (χ2v) is 5.60. The first-order chi connectivity index (χ1) is 6.96. The highest BCUT2D eigenvalue weighted by atomic mass is 35.5. The van der Waals surface area contributed by atoms with Crippen molar-refractivity contribution in [3.63, 3.8) is 0 Å². The van der Waals surface area contributed by atoms with Crippen molar-refractivity contribution >= 4 is 22.9 Å². The highest BCUT2D eigenvalue weighted by molar-refractivity contribution is 7.10. The molecule has 0 aromatic carbocycles. The van der Waals surface area contributed by atoms with Crippen LogP contribution in [-0.4, -0.2) is 12.7 Å². The summed E-state index contributed by atoms with van der Waals surface area (Å²) in [6.45, 7) is 4.13. The van der Waals surface area contributed by atoms with Gasteiger partial charge in [0, 0.05) is 18.0 Å². The number of thiophene rings is 1. The van der Waals surface area contributed by atoms with Crippen molar-refractivity contribution in [2.75, 3.05) is 7.11 Å². The molecule has 0 spiro atoms. The lowest BCUT2D eigenvalue weighted by Crippen LogP contribution is -2.24. The number of hydrogen-bond acceptors (Lipinski definition) is 3. The standard InChI is InChI=1S/C11H18ClNOS/c1-11(2,14-3)6-4-9(13)10-8(12)5-7-15-10/h5,7,9H,4,6,13H2,1-3H3. The molecule has 1 heterocycles.